The number of benzene rings is 4. The van der Waals surface area contributed by atoms with Gasteiger partial charge in [0.05, 0.1) is 0 Å². The molecule has 0 unspecified atom stereocenters. The van der Waals surface area contributed by atoms with E-state index < -0.39 is 0 Å². The molecule has 4 rings (SSSR count). The van der Waals surface area contributed by atoms with Gasteiger partial charge in [-0.05, 0) is 127 Å². The molecule has 0 heterocycles. The first-order chi connectivity index (χ1) is 17.9. The number of hydrogen-bond acceptors (Lipinski definition) is 4. The van der Waals surface area contributed by atoms with Crippen LogP contribution < -0.4 is 9.47 Å². The minimum atomic E-state index is 0.560. The van der Waals surface area contributed by atoms with Crippen LogP contribution >= 0.6 is 0 Å². The highest BCUT2D eigenvalue weighted by Crippen LogP contribution is 2.26. The highest BCUT2D eigenvalue weighted by atomic mass is 16.5. The standard InChI is InChI=1S/C33H30N2O2/c1-22-13-24(3)30(17-28(22)15-26-5-9-32(10-6-26)36-20-34)19-31-18-29(23(2)14-25(31)4)16-27-7-11-33(12-8-27)37-21-35/h5-14,17-18H,15-16,19H2,1-4H3. The Bertz CT molecular complexity index is 1370. The van der Waals surface area contributed by atoms with E-state index in [0.717, 1.165) is 19.3 Å². The van der Waals surface area contributed by atoms with Crippen LogP contribution in [0.1, 0.15) is 55.6 Å². The van der Waals surface area contributed by atoms with Crippen LogP contribution in [0, 0.1) is 50.7 Å². The summed E-state index contributed by atoms with van der Waals surface area (Å²) < 4.78 is 9.81. The quantitative estimate of drug-likeness (QED) is 0.243. The van der Waals surface area contributed by atoms with Crippen molar-refractivity contribution in [2.75, 3.05) is 0 Å². The maximum Gasteiger partial charge on any atom is 0.292 e. The molecule has 0 saturated carbocycles. The summed E-state index contributed by atoms with van der Waals surface area (Å²) in [5.41, 5.74) is 12.8. The van der Waals surface area contributed by atoms with Crippen molar-refractivity contribution in [3.63, 3.8) is 0 Å². The third-order valence-electron chi connectivity index (χ3n) is 6.93. The lowest BCUT2D eigenvalue weighted by molar-refractivity contribution is 0.506. The van der Waals surface area contributed by atoms with Gasteiger partial charge in [-0.15, -0.1) is 10.5 Å². The Morgan fingerprint density at radius 1 is 0.486 bits per heavy atom. The monoisotopic (exact) mass is 486 g/mol. The second-order valence-electron chi connectivity index (χ2n) is 9.62. The molecule has 0 N–H and O–H groups in total. The fourth-order valence-corrected chi connectivity index (χ4v) is 4.76. The normalized spacial score (nSPS) is 10.4. The number of nitrogens with zero attached hydrogens (tertiary/aromatic N) is 2. The van der Waals surface area contributed by atoms with Crippen molar-refractivity contribution in [3.8, 4) is 24.0 Å². The molecule has 0 fully saturated rings. The summed E-state index contributed by atoms with van der Waals surface area (Å²) in [6.07, 6.45) is 5.97. The van der Waals surface area contributed by atoms with E-state index in [4.69, 9.17) is 20.0 Å². The molecule has 0 aromatic heterocycles. The molecular formula is C33H30N2O2. The van der Waals surface area contributed by atoms with E-state index in [1.807, 2.05) is 48.5 Å². The third-order valence-corrected chi connectivity index (χ3v) is 6.93. The molecule has 0 radical (unpaired) electrons. The van der Waals surface area contributed by atoms with Gasteiger partial charge < -0.3 is 9.47 Å². The molecule has 4 nitrogen and oxygen atoms in total. The van der Waals surface area contributed by atoms with E-state index in [0.29, 0.717) is 11.5 Å². The fourth-order valence-electron chi connectivity index (χ4n) is 4.76. The van der Waals surface area contributed by atoms with Gasteiger partial charge in [-0.3, -0.25) is 0 Å². The summed E-state index contributed by atoms with van der Waals surface area (Å²) in [4.78, 5) is 0. The predicted molar refractivity (Wildman–Crippen MR) is 146 cm³/mol. The first-order valence-corrected chi connectivity index (χ1v) is 12.3. The Labute approximate surface area is 219 Å². The van der Waals surface area contributed by atoms with Crippen molar-refractivity contribution in [1.82, 2.24) is 0 Å². The number of hydrogen-bond donors (Lipinski definition) is 0. The minimum absolute atomic E-state index is 0.560. The van der Waals surface area contributed by atoms with Gasteiger partial charge in [0.25, 0.3) is 12.5 Å². The van der Waals surface area contributed by atoms with Crippen LogP contribution in [0.2, 0.25) is 0 Å². The number of rotatable bonds is 8. The lowest BCUT2D eigenvalue weighted by Crippen LogP contribution is -2.02. The summed E-state index contributed by atoms with van der Waals surface area (Å²) in [6.45, 7) is 8.72. The molecule has 0 amide bonds. The van der Waals surface area contributed by atoms with E-state index in [-0.39, 0.29) is 0 Å². The Balaban J connectivity index is 1.57. The van der Waals surface area contributed by atoms with Crippen molar-refractivity contribution < 1.29 is 9.47 Å². The van der Waals surface area contributed by atoms with Crippen LogP contribution in [0.4, 0.5) is 0 Å². The Morgan fingerprint density at radius 2 is 0.811 bits per heavy atom. The number of aryl methyl sites for hydroxylation is 4. The molecule has 0 spiro atoms. The van der Waals surface area contributed by atoms with Crippen LogP contribution in [0.5, 0.6) is 11.5 Å². The highest BCUT2D eigenvalue weighted by molar-refractivity contribution is 5.46. The SMILES string of the molecule is Cc1cc(C)c(Cc2cc(Cc3ccc(OC#N)cc3)c(C)cc2C)cc1Cc1ccc(OC#N)cc1. The van der Waals surface area contributed by atoms with Gasteiger partial charge in [-0.1, -0.05) is 48.5 Å². The number of ether oxygens (including phenoxy) is 2. The summed E-state index contributed by atoms with van der Waals surface area (Å²) in [6, 6.07) is 24.7. The van der Waals surface area contributed by atoms with Crippen molar-refractivity contribution >= 4 is 0 Å². The summed E-state index contributed by atoms with van der Waals surface area (Å²) >= 11 is 0. The molecule has 0 bridgehead atoms. The van der Waals surface area contributed by atoms with E-state index in [9.17, 15) is 0 Å². The van der Waals surface area contributed by atoms with Crippen LogP contribution in [0.3, 0.4) is 0 Å². The van der Waals surface area contributed by atoms with Gasteiger partial charge in [0.2, 0.25) is 0 Å². The summed E-state index contributed by atoms with van der Waals surface area (Å²) in [7, 11) is 0. The lowest BCUT2D eigenvalue weighted by atomic mass is 9.89. The topological polar surface area (TPSA) is 66.0 Å². The molecule has 4 heteroatoms. The van der Waals surface area contributed by atoms with E-state index in [1.54, 1.807) is 12.5 Å². The van der Waals surface area contributed by atoms with Crippen LogP contribution in [-0.2, 0) is 19.3 Å². The molecular weight excluding hydrogens is 456 g/mol. The second kappa shape index (κ2) is 11.5. The predicted octanol–water partition coefficient (Wildman–Crippen LogP) is 7.41. The van der Waals surface area contributed by atoms with E-state index >= 15 is 0 Å². The lowest BCUT2D eigenvalue weighted by Gasteiger charge is -2.16. The second-order valence-corrected chi connectivity index (χ2v) is 9.62. The first kappa shape index (κ1) is 25.5. The molecule has 0 atom stereocenters. The third kappa shape index (κ3) is 6.37. The maximum atomic E-state index is 8.71. The Kier molecular flexibility index (Phi) is 7.92. The van der Waals surface area contributed by atoms with Crippen molar-refractivity contribution in [2.24, 2.45) is 0 Å². The minimum Gasteiger partial charge on any atom is -0.388 e. The fraction of sp³-hybridized carbons (Fsp3) is 0.212. The molecule has 4 aromatic rings. The molecule has 0 saturated heterocycles. The molecule has 4 aromatic carbocycles. The van der Waals surface area contributed by atoms with Gasteiger partial charge in [-0.25, -0.2) is 0 Å². The summed E-state index contributed by atoms with van der Waals surface area (Å²) in [5, 5.41) is 17.4. The Hall–Kier alpha value is -4.54. The van der Waals surface area contributed by atoms with Crippen LogP contribution in [-0.4, -0.2) is 0 Å². The smallest absolute Gasteiger partial charge is 0.292 e. The van der Waals surface area contributed by atoms with Gasteiger partial charge in [0.15, 0.2) is 0 Å². The largest absolute Gasteiger partial charge is 0.388 e. The molecule has 37 heavy (non-hydrogen) atoms. The van der Waals surface area contributed by atoms with E-state index in [1.165, 1.54) is 55.6 Å². The van der Waals surface area contributed by atoms with Crippen molar-refractivity contribution in [1.29, 1.82) is 10.5 Å². The van der Waals surface area contributed by atoms with Crippen LogP contribution in [0.25, 0.3) is 0 Å². The molecule has 0 aliphatic carbocycles. The van der Waals surface area contributed by atoms with Crippen molar-refractivity contribution in [3.05, 3.63) is 128 Å². The van der Waals surface area contributed by atoms with Crippen LogP contribution in [0.15, 0.2) is 72.8 Å². The zero-order valence-electron chi connectivity index (χ0n) is 21.8. The zero-order valence-corrected chi connectivity index (χ0v) is 21.8. The Morgan fingerprint density at radius 3 is 1.14 bits per heavy atom. The zero-order chi connectivity index (χ0) is 26.4. The van der Waals surface area contributed by atoms with Gasteiger partial charge in [0.1, 0.15) is 11.5 Å². The average molecular weight is 487 g/mol. The summed E-state index contributed by atoms with van der Waals surface area (Å²) in [5.74, 6) is 1.12. The molecule has 0 aliphatic rings. The van der Waals surface area contributed by atoms with Gasteiger partial charge in [0, 0.05) is 0 Å². The van der Waals surface area contributed by atoms with Gasteiger partial charge >= 0.3 is 0 Å². The molecule has 184 valence electrons. The van der Waals surface area contributed by atoms with E-state index in [2.05, 4.69) is 52.0 Å². The maximum absolute atomic E-state index is 8.71. The number of nitriles is 2. The first-order valence-electron chi connectivity index (χ1n) is 12.3. The molecule has 0 aliphatic heterocycles. The average Bonchev–Trinajstić information content (AvgIpc) is 2.87. The van der Waals surface area contributed by atoms with Crippen molar-refractivity contribution in [2.45, 2.75) is 47.0 Å². The highest BCUT2D eigenvalue weighted by Gasteiger charge is 2.11. The van der Waals surface area contributed by atoms with Gasteiger partial charge in [-0.2, -0.15) is 0 Å².